The molecule has 32 heavy (non-hydrogen) atoms. The van der Waals surface area contributed by atoms with E-state index in [1.165, 1.54) is 18.2 Å². The van der Waals surface area contributed by atoms with Crippen LogP contribution in [-0.4, -0.2) is 13.9 Å². The molecule has 0 atom stereocenters. The van der Waals surface area contributed by atoms with Gasteiger partial charge < -0.3 is 8.92 Å². The highest BCUT2D eigenvalue weighted by molar-refractivity contribution is 7.88. The van der Waals surface area contributed by atoms with Crippen molar-refractivity contribution >= 4 is 20.9 Å². The normalized spacial score (nSPS) is 12.0. The lowest BCUT2D eigenvalue weighted by molar-refractivity contribution is -0.0500. The molecule has 0 heterocycles. The Kier molecular flexibility index (Phi) is 5.80. The molecule has 4 aromatic carbocycles. The Morgan fingerprint density at radius 1 is 0.750 bits per heavy atom. The summed E-state index contributed by atoms with van der Waals surface area (Å²) in [5, 5.41) is 1.26. The summed E-state index contributed by atoms with van der Waals surface area (Å²) in [5.74, 6) is 0.256. The highest BCUT2D eigenvalue weighted by atomic mass is 32.2. The Bertz CT molecular complexity index is 1350. The molecule has 164 valence electrons. The van der Waals surface area contributed by atoms with Crippen LogP contribution in [0, 0.1) is 0 Å². The molecule has 0 radical (unpaired) electrons. The van der Waals surface area contributed by atoms with E-state index in [-0.39, 0.29) is 0 Å². The molecule has 0 amide bonds. The van der Waals surface area contributed by atoms with Crippen molar-refractivity contribution in [1.82, 2.24) is 0 Å². The smallest absolute Gasteiger partial charge is 0.489 e. The van der Waals surface area contributed by atoms with Gasteiger partial charge in [-0.25, -0.2) is 0 Å². The van der Waals surface area contributed by atoms with E-state index in [1.54, 1.807) is 12.1 Å². The molecule has 4 rings (SSSR count). The van der Waals surface area contributed by atoms with Crippen molar-refractivity contribution in [1.29, 1.82) is 0 Å². The van der Waals surface area contributed by atoms with Gasteiger partial charge in [0.25, 0.3) is 0 Å². The van der Waals surface area contributed by atoms with Gasteiger partial charge in [0.1, 0.15) is 18.1 Å². The minimum Gasteiger partial charge on any atom is -0.489 e. The molecule has 8 heteroatoms. The molecule has 0 spiro atoms. The minimum atomic E-state index is -5.73. The molecule has 0 bridgehead atoms. The first-order chi connectivity index (χ1) is 15.2. The summed E-state index contributed by atoms with van der Waals surface area (Å²) in [7, 11) is -5.73. The molecule has 0 saturated heterocycles. The molecule has 0 N–H and O–H groups in total. The van der Waals surface area contributed by atoms with Gasteiger partial charge in [0.15, 0.2) is 0 Å². The van der Waals surface area contributed by atoms with Crippen LogP contribution in [0.5, 0.6) is 11.5 Å². The van der Waals surface area contributed by atoms with Gasteiger partial charge in [-0.3, -0.25) is 0 Å². The third kappa shape index (κ3) is 4.70. The lowest BCUT2D eigenvalue weighted by Crippen LogP contribution is -2.28. The molecular weight excluding hydrogens is 441 g/mol. The number of ether oxygens (including phenoxy) is 1. The number of fused-ring (bicyclic) bond motifs is 1. The first kappa shape index (κ1) is 21.7. The molecule has 0 saturated carbocycles. The first-order valence-electron chi connectivity index (χ1n) is 9.54. The number of rotatable bonds is 6. The molecule has 0 aromatic heterocycles. The van der Waals surface area contributed by atoms with Crippen LogP contribution in [0.1, 0.15) is 5.56 Å². The summed E-state index contributed by atoms with van der Waals surface area (Å²) in [4.78, 5) is 0. The number of hydrogen-bond donors (Lipinski definition) is 0. The van der Waals surface area contributed by atoms with Gasteiger partial charge in [0, 0.05) is 0 Å². The van der Waals surface area contributed by atoms with Gasteiger partial charge >= 0.3 is 15.6 Å². The van der Waals surface area contributed by atoms with Crippen LogP contribution in [0.4, 0.5) is 13.2 Å². The van der Waals surface area contributed by atoms with Crippen molar-refractivity contribution in [2.24, 2.45) is 0 Å². The number of hydrogen-bond acceptors (Lipinski definition) is 4. The van der Waals surface area contributed by atoms with Crippen molar-refractivity contribution < 1.29 is 30.5 Å². The number of alkyl halides is 3. The zero-order chi connectivity index (χ0) is 22.8. The van der Waals surface area contributed by atoms with E-state index < -0.39 is 21.4 Å². The molecule has 0 unspecified atom stereocenters. The van der Waals surface area contributed by atoms with Crippen LogP contribution < -0.4 is 8.92 Å². The number of benzene rings is 4. The fourth-order valence-corrected chi connectivity index (χ4v) is 3.69. The fourth-order valence-electron chi connectivity index (χ4n) is 3.23. The van der Waals surface area contributed by atoms with Gasteiger partial charge in [-0.05, 0) is 51.7 Å². The summed E-state index contributed by atoms with van der Waals surface area (Å²) in [6, 6.07) is 26.4. The average Bonchev–Trinajstić information content (AvgIpc) is 2.77. The zero-order valence-corrected chi connectivity index (χ0v) is 17.4. The third-order valence-electron chi connectivity index (χ3n) is 4.73. The van der Waals surface area contributed by atoms with Crippen LogP contribution >= 0.6 is 0 Å². The molecule has 0 fully saturated rings. The van der Waals surface area contributed by atoms with Gasteiger partial charge in [-0.1, -0.05) is 66.7 Å². The Balaban J connectivity index is 1.62. The third-order valence-corrected chi connectivity index (χ3v) is 5.71. The molecule has 4 aromatic rings. The van der Waals surface area contributed by atoms with Crippen LogP contribution in [0.25, 0.3) is 21.9 Å². The lowest BCUT2D eigenvalue weighted by atomic mass is 9.98. The van der Waals surface area contributed by atoms with E-state index in [2.05, 4.69) is 4.18 Å². The summed E-state index contributed by atoms with van der Waals surface area (Å²) in [6.45, 7) is 0.411. The minimum absolute atomic E-state index is 0.410. The topological polar surface area (TPSA) is 52.6 Å². The van der Waals surface area contributed by atoms with E-state index in [0.717, 1.165) is 22.1 Å². The van der Waals surface area contributed by atoms with E-state index in [0.29, 0.717) is 17.7 Å². The summed E-state index contributed by atoms with van der Waals surface area (Å²) in [5.41, 5.74) is -2.80. The summed E-state index contributed by atoms with van der Waals surface area (Å²) in [6.07, 6.45) is 0. The molecule has 4 nitrogen and oxygen atoms in total. The van der Waals surface area contributed by atoms with E-state index in [1.807, 2.05) is 60.7 Å². The van der Waals surface area contributed by atoms with Gasteiger partial charge in [-0.15, -0.1) is 0 Å². The van der Waals surface area contributed by atoms with Gasteiger partial charge in [0.2, 0.25) is 0 Å². The van der Waals surface area contributed by atoms with Crippen molar-refractivity contribution in [3.05, 3.63) is 96.6 Å². The molecule has 0 aliphatic heterocycles. The average molecular weight is 458 g/mol. The predicted octanol–water partition coefficient (Wildman–Crippen LogP) is 6.31. The van der Waals surface area contributed by atoms with Crippen molar-refractivity contribution in [2.75, 3.05) is 0 Å². The van der Waals surface area contributed by atoms with E-state index in [4.69, 9.17) is 4.74 Å². The maximum absolute atomic E-state index is 12.6. The van der Waals surface area contributed by atoms with Crippen LogP contribution in [-0.2, 0) is 16.7 Å². The highest BCUT2D eigenvalue weighted by Gasteiger charge is 2.48. The summed E-state index contributed by atoms with van der Waals surface area (Å²) >= 11 is 0. The second-order valence-electron chi connectivity index (χ2n) is 6.97. The van der Waals surface area contributed by atoms with Crippen LogP contribution in [0.2, 0.25) is 0 Å². The Morgan fingerprint density at radius 2 is 1.50 bits per heavy atom. The van der Waals surface area contributed by atoms with Gasteiger partial charge in [0.05, 0.1) is 0 Å². The van der Waals surface area contributed by atoms with E-state index in [9.17, 15) is 21.6 Å². The standard InChI is InChI=1S/C24H17F3O4S/c25-24(26,27)32(28,29)31-21-12-13-23-19(15-21)9-5-11-22(23)18-8-4-10-20(14-18)30-16-17-6-2-1-3-7-17/h1-15H,16H2. The maximum atomic E-state index is 12.6. The van der Waals surface area contributed by atoms with Gasteiger partial charge in [-0.2, -0.15) is 21.6 Å². The fraction of sp³-hybridized carbons (Fsp3) is 0.0833. The van der Waals surface area contributed by atoms with Crippen LogP contribution in [0.15, 0.2) is 91.0 Å². The van der Waals surface area contributed by atoms with Crippen molar-refractivity contribution in [3.8, 4) is 22.6 Å². The monoisotopic (exact) mass is 458 g/mol. The van der Waals surface area contributed by atoms with Crippen LogP contribution in [0.3, 0.4) is 0 Å². The molecular formula is C24H17F3O4S. The summed E-state index contributed by atoms with van der Waals surface area (Å²) < 4.78 is 70.5. The van der Waals surface area contributed by atoms with Crippen molar-refractivity contribution in [3.63, 3.8) is 0 Å². The zero-order valence-electron chi connectivity index (χ0n) is 16.5. The predicted molar refractivity (Wildman–Crippen MR) is 116 cm³/mol. The Labute approximate surface area is 183 Å². The highest BCUT2D eigenvalue weighted by Crippen LogP contribution is 2.34. The Morgan fingerprint density at radius 3 is 2.25 bits per heavy atom. The second kappa shape index (κ2) is 8.55. The molecule has 0 aliphatic carbocycles. The number of halogens is 3. The quantitative estimate of drug-likeness (QED) is 0.251. The molecule has 0 aliphatic rings. The lowest BCUT2D eigenvalue weighted by Gasteiger charge is -2.12. The largest absolute Gasteiger partial charge is 0.534 e. The van der Waals surface area contributed by atoms with E-state index >= 15 is 0 Å². The Hall–Kier alpha value is -3.52. The van der Waals surface area contributed by atoms with Crippen molar-refractivity contribution in [2.45, 2.75) is 12.1 Å². The second-order valence-corrected chi connectivity index (χ2v) is 8.51. The maximum Gasteiger partial charge on any atom is 0.534 e. The first-order valence-corrected chi connectivity index (χ1v) is 10.9. The SMILES string of the molecule is O=S(=O)(Oc1ccc2c(-c3cccc(OCc4ccccc4)c3)cccc2c1)C(F)(F)F.